The van der Waals surface area contributed by atoms with Crippen LogP contribution in [0.2, 0.25) is 0 Å². The van der Waals surface area contributed by atoms with Crippen LogP contribution in [0.1, 0.15) is 11.1 Å². The highest BCUT2D eigenvalue weighted by Gasteiger charge is 2.05. The second-order valence-electron chi connectivity index (χ2n) is 5.70. The molecule has 26 heavy (non-hydrogen) atoms. The smallest absolute Gasteiger partial charge is 0.230 e. The first-order valence-electron chi connectivity index (χ1n) is 8.45. The number of rotatable bonds is 10. The van der Waals surface area contributed by atoms with E-state index in [2.05, 4.69) is 10.6 Å². The van der Waals surface area contributed by atoms with E-state index < -0.39 is 0 Å². The summed E-state index contributed by atoms with van der Waals surface area (Å²) in [6.45, 7) is 1.08. The first kappa shape index (κ1) is 19.8. The molecule has 6 heteroatoms. The monoisotopic (exact) mass is 372 g/mol. The first-order valence-corrected chi connectivity index (χ1v) is 9.61. The molecule has 138 valence electrons. The van der Waals surface area contributed by atoms with Crippen molar-refractivity contribution in [1.82, 2.24) is 10.6 Å². The third-order valence-corrected chi connectivity index (χ3v) is 4.63. The van der Waals surface area contributed by atoms with Gasteiger partial charge in [0, 0.05) is 13.1 Å². The summed E-state index contributed by atoms with van der Waals surface area (Å²) in [7, 11) is 1.63. The predicted octanol–water partition coefficient (Wildman–Crippen LogP) is 2.40. The van der Waals surface area contributed by atoms with Crippen LogP contribution >= 0.6 is 11.8 Å². The fraction of sp³-hybridized carbons (Fsp3) is 0.300. The van der Waals surface area contributed by atoms with Crippen molar-refractivity contribution in [2.75, 3.05) is 25.2 Å². The van der Waals surface area contributed by atoms with Crippen molar-refractivity contribution < 1.29 is 14.3 Å². The number of benzene rings is 2. The molecular weight excluding hydrogens is 348 g/mol. The molecule has 0 aromatic heterocycles. The van der Waals surface area contributed by atoms with Gasteiger partial charge < -0.3 is 15.4 Å². The van der Waals surface area contributed by atoms with E-state index >= 15 is 0 Å². The van der Waals surface area contributed by atoms with Crippen molar-refractivity contribution in [2.45, 2.75) is 13.0 Å². The van der Waals surface area contributed by atoms with Crippen LogP contribution in [0, 0.1) is 0 Å². The predicted molar refractivity (Wildman–Crippen MR) is 105 cm³/mol. The lowest BCUT2D eigenvalue weighted by molar-refractivity contribution is -0.119. The molecule has 0 aliphatic heterocycles. The van der Waals surface area contributed by atoms with Crippen LogP contribution in [-0.2, 0) is 22.6 Å². The van der Waals surface area contributed by atoms with Crippen molar-refractivity contribution in [3.63, 3.8) is 0 Å². The Labute approximate surface area is 158 Å². The van der Waals surface area contributed by atoms with Gasteiger partial charge in [-0.1, -0.05) is 42.5 Å². The largest absolute Gasteiger partial charge is 0.497 e. The Morgan fingerprint density at radius 2 is 1.54 bits per heavy atom. The minimum Gasteiger partial charge on any atom is -0.497 e. The number of nitrogens with one attached hydrogen (secondary N) is 2. The van der Waals surface area contributed by atoms with E-state index in [4.69, 9.17) is 4.74 Å². The van der Waals surface area contributed by atoms with E-state index in [0.29, 0.717) is 13.1 Å². The standard InChI is InChI=1S/C20H24N2O3S/c1-25-18-9-7-16(8-10-18)11-12-21-19(23)14-26-15-20(24)22-13-17-5-3-2-4-6-17/h2-10H,11-15H2,1H3,(H,21,23)(H,22,24). The molecule has 2 aromatic rings. The van der Waals surface area contributed by atoms with Gasteiger partial charge in [0.15, 0.2) is 0 Å². The van der Waals surface area contributed by atoms with Crippen molar-refractivity contribution in [3.05, 3.63) is 65.7 Å². The summed E-state index contributed by atoms with van der Waals surface area (Å²) in [4.78, 5) is 23.6. The van der Waals surface area contributed by atoms with Gasteiger partial charge in [-0.2, -0.15) is 0 Å². The number of ether oxygens (including phenoxy) is 1. The lowest BCUT2D eigenvalue weighted by Crippen LogP contribution is -2.29. The number of thioether (sulfide) groups is 1. The number of hydrogen-bond acceptors (Lipinski definition) is 4. The summed E-state index contributed by atoms with van der Waals surface area (Å²) in [5.41, 5.74) is 2.20. The van der Waals surface area contributed by atoms with E-state index in [9.17, 15) is 9.59 Å². The molecule has 0 fully saturated rings. The van der Waals surface area contributed by atoms with Gasteiger partial charge in [0.25, 0.3) is 0 Å². The van der Waals surface area contributed by atoms with Crippen molar-refractivity contribution in [1.29, 1.82) is 0 Å². The van der Waals surface area contributed by atoms with Gasteiger partial charge in [0.1, 0.15) is 5.75 Å². The third-order valence-electron chi connectivity index (χ3n) is 3.69. The number of carbonyl (C=O) groups is 2. The van der Waals surface area contributed by atoms with Crippen LogP contribution in [0.3, 0.4) is 0 Å². The Morgan fingerprint density at radius 3 is 2.19 bits per heavy atom. The van der Waals surface area contributed by atoms with Gasteiger partial charge in [-0.05, 0) is 29.7 Å². The van der Waals surface area contributed by atoms with Gasteiger partial charge in [-0.3, -0.25) is 9.59 Å². The number of hydrogen-bond donors (Lipinski definition) is 2. The van der Waals surface area contributed by atoms with E-state index in [1.807, 2.05) is 54.6 Å². The SMILES string of the molecule is COc1ccc(CCNC(=O)CSCC(=O)NCc2ccccc2)cc1. The van der Waals surface area contributed by atoms with E-state index in [1.165, 1.54) is 11.8 Å². The zero-order chi connectivity index (χ0) is 18.6. The molecule has 0 aliphatic carbocycles. The van der Waals surface area contributed by atoms with E-state index in [-0.39, 0.29) is 23.3 Å². The Bertz CT molecular complexity index is 690. The van der Waals surface area contributed by atoms with Crippen LogP contribution in [0.15, 0.2) is 54.6 Å². The molecule has 0 bridgehead atoms. The maximum absolute atomic E-state index is 11.8. The summed E-state index contributed by atoms with van der Waals surface area (Å²) in [6.07, 6.45) is 0.762. The lowest BCUT2D eigenvalue weighted by atomic mass is 10.1. The molecule has 0 unspecified atom stereocenters. The van der Waals surface area contributed by atoms with Gasteiger partial charge >= 0.3 is 0 Å². The molecular formula is C20H24N2O3S. The zero-order valence-corrected chi connectivity index (χ0v) is 15.7. The zero-order valence-electron chi connectivity index (χ0n) is 14.9. The van der Waals surface area contributed by atoms with Crippen molar-refractivity contribution in [3.8, 4) is 5.75 Å². The van der Waals surface area contributed by atoms with Crippen LogP contribution in [-0.4, -0.2) is 37.0 Å². The quantitative estimate of drug-likeness (QED) is 0.672. The molecule has 0 spiro atoms. The molecule has 0 aliphatic rings. The number of amides is 2. The second kappa shape index (κ2) is 11.2. The van der Waals surface area contributed by atoms with Crippen LogP contribution in [0.5, 0.6) is 5.75 Å². The highest BCUT2D eigenvalue weighted by atomic mass is 32.2. The Balaban J connectivity index is 1.54. The normalized spacial score (nSPS) is 10.2. The number of methoxy groups -OCH3 is 1. The van der Waals surface area contributed by atoms with Gasteiger partial charge in [0.05, 0.1) is 18.6 Å². The van der Waals surface area contributed by atoms with Crippen molar-refractivity contribution >= 4 is 23.6 Å². The molecule has 0 atom stereocenters. The molecule has 0 radical (unpaired) electrons. The Kier molecular flexibility index (Phi) is 8.55. The molecule has 0 saturated carbocycles. The lowest BCUT2D eigenvalue weighted by Gasteiger charge is -2.07. The average Bonchev–Trinajstić information content (AvgIpc) is 2.68. The first-order chi connectivity index (χ1) is 12.7. The summed E-state index contributed by atoms with van der Waals surface area (Å²) >= 11 is 1.32. The molecule has 5 nitrogen and oxygen atoms in total. The maximum Gasteiger partial charge on any atom is 0.230 e. The fourth-order valence-corrected chi connectivity index (χ4v) is 2.95. The summed E-state index contributed by atoms with van der Waals surface area (Å²) < 4.78 is 5.11. The molecule has 2 aromatic carbocycles. The van der Waals surface area contributed by atoms with E-state index in [0.717, 1.165) is 23.3 Å². The fourth-order valence-electron chi connectivity index (χ4n) is 2.27. The van der Waals surface area contributed by atoms with Gasteiger partial charge in [-0.15, -0.1) is 11.8 Å². The summed E-state index contributed by atoms with van der Waals surface area (Å²) in [5, 5.41) is 5.71. The topological polar surface area (TPSA) is 67.4 Å². The summed E-state index contributed by atoms with van der Waals surface area (Å²) in [6, 6.07) is 17.5. The molecule has 0 saturated heterocycles. The highest BCUT2D eigenvalue weighted by Crippen LogP contribution is 2.11. The van der Waals surface area contributed by atoms with Gasteiger partial charge in [-0.25, -0.2) is 0 Å². The minimum absolute atomic E-state index is 0.0561. The molecule has 0 heterocycles. The molecule has 2 N–H and O–H groups in total. The highest BCUT2D eigenvalue weighted by molar-refractivity contribution is 8.00. The van der Waals surface area contributed by atoms with Crippen LogP contribution < -0.4 is 15.4 Å². The second-order valence-corrected chi connectivity index (χ2v) is 6.69. The Hall–Kier alpha value is -2.47. The summed E-state index contributed by atoms with van der Waals surface area (Å²) in [5.74, 6) is 1.25. The molecule has 2 amide bonds. The van der Waals surface area contributed by atoms with E-state index in [1.54, 1.807) is 7.11 Å². The maximum atomic E-state index is 11.8. The van der Waals surface area contributed by atoms with Crippen molar-refractivity contribution in [2.24, 2.45) is 0 Å². The average molecular weight is 372 g/mol. The molecule has 2 rings (SSSR count). The van der Waals surface area contributed by atoms with Gasteiger partial charge in [0.2, 0.25) is 11.8 Å². The Morgan fingerprint density at radius 1 is 0.885 bits per heavy atom. The van der Waals surface area contributed by atoms with Crippen LogP contribution in [0.4, 0.5) is 0 Å². The minimum atomic E-state index is -0.0649. The number of carbonyl (C=O) groups excluding carboxylic acids is 2. The van der Waals surface area contributed by atoms with Crippen LogP contribution in [0.25, 0.3) is 0 Å². The third kappa shape index (κ3) is 7.61.